The van der Waals surface area contributed by atoms with Crippen LogP contribution in [0, 0.1) is 5.82 Å². The Morgan fingerprint density at radius 1 is 1.09 bits per heavy atom. The number of ether oxygens (including phenoxy) is 1. The van der Waals surface area contributed by atoms with Crippen LogP contribution >= 0.6 is 0 Å². The lowest BCUT2D eigenvalue weighted by Crippen LogP contribution is -2.29. The second-order valence-corrected chi connectivity index (χ2v) is 8.57. The van der Waals surface area contributed by atoms with Gasteiger partial charge in [-0.2, -0.15) is 5.10 Å². The third-order valence-corrected chi connectivity index (χ3v) is 6.07. The summed E-state index contributed by atoms with van der Waals surface area (Å²) < 4.78 is 21.0. The van der Waals surface area contributed by atoms with Crippen molar-refractivity contribution in [1.29, 1.82) is 0 Å². The smallest absolute Gasteiger partial charge is 0.252 e. The van der Waals surface area contributed by atoms with E-state index >= 15 is 0 Å². The van der Waals surface area contributed by atoms with Crippen LogP contribution in [0.25, 0.3) is 10.8 Å². The monoisotopic (exact) mass is 459 g/mol. The van der Waals surface area contributed by atoms with Crippen molar-refractivity contribution in [2.45, 2.75) is 24.9 Å². The number of hydrogen-bond donors (Lipinski definition) is 2. The van der Waals surface area contributed by atoms with Crippen LogP contribution in [-0.2, 0) is 11.8 Å². The number of hydrogen-bond acceptors (Lipinski definition) is 5. The summed E-state index contributed by atoms with van der Waals surface area (Å²) in [5, 5.41) is 12.6. The lowest BCUT2D eigenvalue weighted by molar-refractivity contribution is 0.0903. The standard InChI is InChI=1S/C26H26FN5O2/c1-32-16-21(15-29-32)25(17-3-2-4-22(27)12-17)31-26(33)18-5-6-19-14-28-24(13-20(19)11-18)30-23-7-9-34-10-8-23/h2-6,11-16,23,25H,7-10H2,1H3,(H,28,30)(H,31,33). The third kappa shape index (κ3) is 4.92. The Hall–Kier alpha value is -3.78. The van der Waals surface area contributed by atoms with E-state index in [1.165, 1.54) is 12.1 Å². The van der Waals surface area contributed by atoms with E-state index in [0.717, 1.165) is 48.2 Å². The first-order valence-corrected chi connectivity index (χ1v) is 11.3. The van der Waals surface area contributed by atoms with Gasteiger partial charge < -0.3 is 15.4 Å². The fourth-order valence-electron chi connectivity index (χ4n) is 4.26. The molecule has 0 radical (unpaired) electrons. The zero-order chi connectivity index (χ0) is 23.5. The molecule has 1 unspecified atom stereocenters. The zero-order valence-corrected chi connectivity index (χ0v) is 18.9. The van der Waals surface area contributed by atoms with Crippen molar-refractivity contribution in [1.82, 2.24) is 20.1 Å². The molecule has 0 aliphatic carbocycles. The van der Waals surface area contributed by atoms with Gasteiger partial charge in [0.05, 0.1) is 12.2 Å². The van der Waals surface area contributed by atoms with Crippen LogP contribution in [0.2, 0.25) is 0 Å². The van der Waals surface area contributed by atoms with E-state index in [4.69, 9.17) is 4.74 Å². The normalized spacial score (nSPS) is 15.2. The maximum Gasteiger partial charge on any atom is 0.252 e. The molecule has 2 N–H and O–H groups in total. The molecule has 0 spiro atoms. The molecule has 1 aliphatic rings. The molecule has 0 bridgehead atoms. The van der Waals surface area contributed by atoms with Crippen LogP contribution < -0.4 is 10.6 Å². The minimum atomic E-state index is -0.532. The molecule has 174 valence electrons. The van der Waals surface area contributed by atoms with Crippen molar-refractivity contribution in [2.75, 3.05) is 18.5 Å². The molecule has 1 amide bonds. The zero-order valence-electron chi connectivity index (χ0n) is 18.9. The number of nitrogens with one attached hydrogen (secondary N) is 2. The van der Waals surface area contributed by atoms with Crippen LogP contribution in [0.5, 0.6) is 0 Å². The van der Waals surface area contributed by atoms with Gasteiger partial charge >= 0.3 is 0 Å². The van der Waals surface area contributed by atoms with Gasteiger partial charge in [0.2, 0.25) is 0 Å². The number of halogens is 1. The number of aryl methyl sites for hydroxylation is 1. The number of amides is 1. The second-order valence-electron chi connectivity index (χ2n) is 8.57. The maximum atomic E-state index is 13.9. The molecule has 1 aliphatic heterocycles. The number of aromatic nitrogens is 3. The van der Waals surface area contributed by atoms with E-state index in [-0.39, 0.29) is 11.7 Å². The van der Waals surface area contributed by atoms with E-state index in [9.17, 15) is 9.18 Å². The molecule has 2 aromatic carbocycles. The number of benzene rings is 2. The Kier molecular flexibility index (Phi) is 6.22. The molecule has 2 aromatic heterocycles. The Bertz CT molecular complexity index is 1320. The van der Waals surface area contributed by atoms with Crippen molar-refractivity contribution in [3.8, 4) is 0 Å². The highest BCUT2D eigenvalue weighted by Crippen LogP contribution is 2.25. The average Bonchev–Trinajstić information content (AvgIpc) is 3.28. The van der Waals surface area contributed by atoms with E-state index in [2.05, 4.69) is 20.7 Å². The predicted molar refractivity (Wildman–Crippen MR) is 128 cm³/mol. The first-order valence-electron chi connectivity index (χ1n) is 11.3. The number of nitrogens with zero attached hydrogens (tertiary/aromatic N) is 3. The van der Waals surface area contributed by atoms with Gasteiger partial charge in [-0.05, 0) is 54.1 Å². The Labute approximate surface area is 197 Å². The molecule has 34 heavy (non-hydrogen) atoms. The summed E-state index contributed by atoms with van der Waals surface area (Å²) in [6.45, 7) is 1.50. The van der Waals surface area contributed by atoms with Gasteiger partial charge in [-0.15, -0.1) is 0 Å². The van der Waals surface area contributed by atoms with E-state index in [1.54, 1.807) is 36.1 Å². The molecular formula is C26H26FN5O2. The molecule has 5 rings (SSSR count). The van der Waals surface area contributed by atoms with Crippen LogP contribution in [0.3, 0.4) is 0 Å². The molecule has 8 heteroatoms. The highest BCUT2D eigenvalue weighted by molar-refractivity contribution is 5.99. The van der Waals surface area contributed by atoms with Crippen LogP contribution in [-0.4, -0.2) is 39.9 Å². The second kappa shape index (κ2) is 9.61. The van der Waals surface area contributed by atoms with Crippen molar-refractivity contribution in [3.05, 3.63) is 89.6 Å². The summed E-state index contributed by atoms with van der Waals surface area (Å²) in [5.41, 5.74) is 1.93. The van der Waals surface area contributed by atoms with E-state index in [1.807, 2.05) is 30.6 Å². The van der Waals surface area contributed by atoms with Crippen LogP contribution in [0.15, 0.2) is 67.1 Å². The molecule has 4 aromatic rings. The van der Waals surface area contributed by atoms with Crippen molar-refractivity contribution < 1.29 is 13.9 Å². The van der Waals surface area contributed by atoms with Crippen molar-refractivity contribution in [3.63, 3.8) is 0 Å². The number of rotatable bonds is 6. The quantitative estimate of drug-likeness (QED) is 0.451. The minimum absolute atomic E-state index is 0.254. The molecule has 3 heterocycles. The third-order valence-electron chi connectivity index (χ3n) is 6.07. The van der Waals surface area contributed by atoms with Crippen LogP contribution in [0.1, 0.15) is 40.4 Å². The largest absolute Gasteiger partial charge is 0.381 e. The van der Waals surface area contributed by atoms with E-state index in [0.29, 0.717) is 17.2 Å². The maximum absolute atomic E-state index is 13.9. The Balaban J connectivity index is 1.40. The van der Waals surface area contributed by atoms with E-state index < -0.39 is 6.04 Å². The SMILES string of the molecule is Cn1cc(C(NC(=O)c2ccc3cnc(NC4CCOCC4)cc3c2)c2cccc(F)c2)cn1. The fourth-order valence-corrected chi connectivity index (χ4v) is 4.26. The van der Waals surface area contributed by atoms with Gasteiger partial charge in [0, 0.05) is 55.2 Å². The van der Waals surface area contributed by atoms with Crippen LogP contribution in [0.4, 0.5) is 10.2 Å². The van der Waals surface area contributed by atoms with Gasteiger partial charge in [-0.25, -0.2) is 9.37 Å². The number of fused-ring (bicyclic) bond motifs is 1. The number of pyridine rings is 1. The summed E-state index contributed by atoms with van der Waals surface area (Å²) in [6, 6.07) is 13.5. The molecular weight excluding hydrogens is 433 g/mol. The Morgan fingerprint density at radius 3 is 2.71 bits per heavy atom. The topological polar surface area (TPSA) is 81.1 Å². The molecule has 1 atom stereocenters. The first kappa shape index (κ1) is 22.0. The number of anilines is 1. The summed E-state index contributed by atoms with van der Waals surface area (Å²) in [4.78, 5) is 17.8. The molecule has 1 saturated heterocycles. The van der Waals surface area contributed by atoms with Gasteiger partial charge in [-0.1, -0.05) is 18.2 Å². The average molecular weight is 460 g/mol. The summed E-state index contributed by atoms with van der Waals surface area (Å²) >= 11 is 0. The number of carbonyl (C=O) groups excluding carboxylic acids is 1. The highest BCUT2D eigenvalue weighted by atomic mass is 19.1. The lowest BCUT2D eigenvalue weighted by Gasteiger charge is -2.23. The molecule has 7 nitrogen and oxygen atoms in total. The molecule has 0 saturated carbocycles. The fraction of sp³-hybridized carbons (Fsp3) is 0.269. The lowest BCUT2D eigenvalue weighted by atomic mass is 10.0. The van der Waals surface area contributed by atoms with Gasteiger partial charge in [0.1, 0.15) is 11.6 Å². The molecule has 1 fully saturated rings. The van der Waals surface area contributed by atoms with Gasteiger partial charge in [0.25, 0.3) is 5.91 Å². The number of carbonyl (C=O) groups is 1. The first-order chi connectivity index (χ1) is 16.5. The Morgan fingerprint density at radius 2 is 1.94 bits per heavy atom. The van der Waals surface area contributed by atoms with Crippen molar-refractivity contribution >= 4 is 22.5 Å². The summed E-state index contributed by atoms with van der Waals surface area (Å²) in [7, 11) is 1.80. The summed E-state index contributed by atoms with van der Waals surface area (Å²) in [5.74, 6) is 0.170. The summed E-state index contributed by atoms with van der Waals surface area (Å²) in [6.07, 6.45) is 7.19. The van der Waals surface area contributed by atoms with Gasteiger partial charge in [-0.3, -0.25) is 9.48 Å². The van der Waals surface area contributed by atoms with Crippen molar-refractivity contribution in [2.24, 2.45) is 7.05 Å². The van der Waals surface area contributed by atoms with Gasteiger partial charge in [0.15, 0.2) is 0 Å². The minimum Gasteiger partial charge on any atom is -0.381 e. The highest BCUT2D eigenvalue weighted by Gasteiger charge is 2.20. The predicted octanol–water partition coefficient (Wildman–Crippen LogP) is 4.22.